The third-order valence-corrected chi connectivity index (χ3v) is 6.49. The highest BCUT2D eigenvalue weighted by atomic mass is 16.4. The molecule has 0 aliphatic rings. The van der Waals surface area contributed by atoms with Gasteiger partial charge in [0.1, 0.15) is 5.75 Å². The Balaban J connectivity index is 3.02. The number of phenolic OH excluding ortho intramolecular Hbond substituents is 1. The Labute approximate surface area is 198 Å². The molecule has 4 nitrogen and oxygen atoms in total. The van der Waals surface area contributed by atoms with E-state index >= 15 is 0 Å². The Kier molecular flexibility index (Phi) is 8.32. The minimum atomic E-state index is -0.994. The number of hydrogen-bond donors (Lipinski definition) is 2. The normalized spacial score (nSPS) is 14.0. The van der Waals surface area contributed by atoms with E-state index in [1.165, 1.54) is 0 Å². The Hall–Kier alpha value is -3.27. The monoisotopic (exact) mass is 447 g/mol. The molecule has 2 N–H and O–H groups in total. The van der Waals surface area contributed by atoms with Gasteiger partial charge in [-0.05, 0) is 76.8 Å². The van der Waals surface area contributed by atoms with Crippen molar-refractivity contribution in [2.75, 3.05) is 18.0 Å². The van der Waals surface area contributed by atoms with Crippen molar-refractivity contribution in [2.24, 2.45) is 0 Å². The fourth-order valence-electron chi connectivity index (χ4n) is 5.06. The van der Waals surface area contributed by atoms with Gasteiger partial charge in [-0.25, -0.2) is 4.79 Å². The number of aryl methyl sites for hydroxylation is 3. The summed E-state index contributed by atoms with van der Waals surface area (Å²) in [6.45, 7) is 19.3. The standard InChI is InChI=1S/C29H37NO3/c1-9-12-13-24(22(7)28(32)33)29(8,27-20(5)16-19(4)17-21(27)6)25-15-14-23(18-26(25)31)30(10-2)11-3/h9,12-18,31H,1,10-11H2,2-8H3,(H,32,33)/b13-12-,24-22-. The van der Waals surface area contributed by atoms with Crippen LogP contribution in [0.2, 0.25) is 0 Å². The van der Waals surface area contributed by atoms with Crippen LogP contribution in [0.5, 0.6) is 5.75 Å². The van der Waals surface area contributed by atoms with Crippen molar-refractivity contribution in [3.63, 3.8) is 0 Å². The molecule has 2 aromatic rings. The van der Waals surface area contributed by atoms with Crippen molar-refractivity contribution in [3.8, 4) is 5.75 Å². The maximum atomic E-state index is 12.2. The number of nitrogens with zero attached hydrogens (tertiary/aromatic N) is 1. The Morgan fingerprint density at radius 1 is 1.09 bits per heavy atom. The summed E-state index contributed by atoms with van der Waals surface area (Å²) in [7, 11) is 0. The second-order valence-electron chi connectivity index (χ2n) is 8.71. The SMILES string of the molecule is C=C/C=C\C(=C(/C)C(=O)O)C(C)(c1ccc(N(CC)CC)cc1O)c1c(C)cc(C)cc1C. The van der Waals surface area contributed by atoms with Gasteiger partial charge in [-0.15, -0.1) is 0 Å². The minimum absolute atomic E-state index is 0.143. The number of aliphatic carboxylic acids is 1. The van der Waals surface area contributed by atoms with Crippen molar-refractivity contribution in [3.05, 3.63) is 94.1 Å². The third kappa shape index (κ3) is 5.05. The zero-order valence-electron chi connectivity index (χ0n) is 21.0. The number of phenols is 1. The van der Waals surface area contributed by atoms with E-state index in [0.717, 1.165) is 41.0 Å². The maximum Gasteiger partial charge on any atom is 0.331 e. The zero-order valence-corrected chi connectivity index (χ0v) is 21.0. The van der Waals surface area contributed by atoms with Gasteiger partial charge in [-0.1, -0.05) is 48.6 Å². The highest BCUT2D eigenvalue weighted by molar-refractivity contribution is 5.89. The molecule has 0 bridgehead atoms. The number of hydrogen-bond acceptors (Lipinski definition) is 3. The van der Waals surface area contributed by atoms with Crippen LogP contribution in [-0.2, 0) is 10.2 Å². The molecule has 0 saturated heterocycles. The molecular formula is C29H37NO3. The number of benzene rings is 2. The van der Waals surface area contributed by atoms with Gasteiger partial charge in [0.05, 0.1) is 0 Å². The molecule has 2 rings (SSSR count). The van der Waals surface area contributed by atoms with E-state index in [0.29, 0.717) is 11.1 Å². The lowest BCUT2D eigenvalue weighted by Gasteiger charge is -2.37. The molecule has 1 unspecified atom stereocenters. The van der Waals surface area contributed by atoms with Gasteiger partial charge < -0.3 is 15.1 Å². The van der Waals surface area contributed by atoms with Gasteiger partial charge in [0, 0.05) is 41.4 Å². The predicted molar refractivity (Wildman–Crippen MR) is 138 cm³/mol. The van der Waals surface area contributed by atoms with Crippen LogP contribution >= 0.6 is 0 Å². The topological polar surface area (TPSA) is 60.8 Å². The first-order valence-corrected chi connectivity index (χ1v) is 11.4. The predicted octanol–water partition coefficient (Wildman–Crippen LogP) is 6.61. The number of carbonyl (C=O) groups is 1. The number of anilines is 1. The summed E-state index contributed by atoms with van der Waals surface area (Å²) in [5, 5.41) is 21.3. The first-order valence-electron chi connectivity index (χ1n) is 11.4. The number of aromatic hydroxyl groups is 1. The summed E-state index contributed by atoms with van der Waals surface area (Å²) < 4.78 is 0. The molecule has 176 valence electrons. The van der Waals surface area contributed by atoms with E-state index in [4.69, 9.17) is 0 Å². The Morgan fingerprint density at radius 2 is 1.67 bits per heavy atom. The minimum Gasteiger partial charge on any atom is -0.508 e. The van der Waals surface area contributed by atoms with Gasteiger partial charge in [0.15, 0.2) is 0 Å². The number of carboxylic acids is 1. The van der Waals surface area contributed by atoms with Crippen LogP contribution in [-0.4, -0.2) is 29.3 Å². The van der Waals surface area contributed by atoms with Crippen molar-refractivity contribution in [2.45, 2.75) is 53.9 Å². The van der Waals surface area contributed by atoms with Crippen LogP contribution in [0.4, 0.5) is 5.69 Å². The molecule has 0 saturated carbocycles. The maximum absolute atomic E-state index is 12.2. The smallest absolute Gasteiger partial charge is 0.331 e. The van der Waals surface area contributed by atoms with Gasteiger partial charge in [0.25, 0.3) is 0 Å². The van der Waals surface area contributed by atoms with Crippen LogP contribution in [0.1, 0.15) is 55.5 Å². The lowest BCUT2D eigenvalue weighted by Crippen LogP contribution is -2.30. The van der Waals surface area contributed by atoms with Crippen molar-refractivity contribution in [1.29, 1.82) is 0 Å². The summed E-state index contributed by atoms with van der Waals surface area (Å²) in [5.41, 5.74) is 5.74. The first-order chi connectivity index (χ1) is 15.5. The van der Waals surface area contributed by atoms with Crippen molar-refractivity contribution < 1.29 is 15.0 Å². The Bertz CT molecular complexity index is 1080. The summed E-state index contributed by atoms with van der Waals surface area (Å²) in [6, 6.07) is 9.92. The highest BCUT2D eigenvalue weighted by Crippen LogP contribution is 2.48. The van der Waals surface area contributed by atoms with E-state index in [1.807, 2.05) is 39.8 Å². The van der Waals surface area contributed by atoms with Crippen LogP contribution in [0, 0.1) is 20.8 Å². The fraction of sp³-hybridized carbons (Fsp3) is 0.345. The van der Waals surface area contributed by atoms with Crippen molar-refractivity contribution in [1.82, 2.24) is 0 Å². The Morgan fingerprint density at radius 3 is 2.12 bits per heavy atom. The summed E-state index contributed by atoms with van der Waals surface area (Å²) in [6.07, 6.45) is 5.18. The molecule has 33 heavy (non-hydrogen) atoms. The second kappa shape index (κ2) is 10.6. The third-order valence-electron chi connectivity index (χ3n) is 6.49. The van der Waals surface area contributed by atoms with E-state index in [9.17, 15) is 15.0 Å². The zero-order chi connectivity index (χ0) is 24.9. The molecular weight excluding hydrogens is 410 g/mol. The molecule has 0 fully saturated rings. The van der Waals surface area contributed by atoms with Crippen LogP contribution in [0.3, 0.4) is 0 Å². The summed E-state index contributed by atoms with van der Waals surface area (Å²) in [5.74, 6) is -0.851. The van der Waals surface area contributed by atoms with Crippen LogP contribution < -0.4 is 4.90 Å². The van der Waals surface area contributed by atoms with E-state index < -0.39 is 11.4 Å². The largest absolute Gasteiger partial charge is 0.508 e. The molecule has 0 spiro atoms. The number of carboxylic acid groups (broad SMARTS) is 1. The van der Waals surface area contributed by atoms with Gasteiger partial charge in [0.2, 0.25) is 0 Å². The average Bonchev–Trinajstić information content (AvgIpc) is 2.73. The molecule has 0 aliphatic heterocycles. The van der Waals surface area contributed by atoms with Gasteiger partial charge in [-0.2, -0.15) is 0 Å². The van der Waals surface area contributed by atoms with Gasteiger partial charge >= 0.3 is 5.97 Å². The molecule has 0 radical (unpaired) electrons. The second-order valence-corrected chi connectivity index (χ2v) is 8.71. The van der Waals surface area contributed by atoms with Crippen LogP contribution in [0.15, 0.2) is 66.3 Å². The van der Waals surface area contributed by atoms with Gasteiger partial charge in [-0.3, -0.25) is 0 Å². The van der Waals surface area contributed by atoms with E-state index in [-0.39, 0.29) is 11.3 Å². The molecule has 4 heteroatoms. The molecule has 1 atom stereocenters. The lowest BCUT2D eigenvalue weighted by atomic mass is 9.66. The molecule has 0 aliphatic carbocycles. The summed E-state index contributed by atoms with van der Waals surface area (Å²) in [4.78, 5) is 14.3. The number of rotatable bonds is 9. The van der Waals surface area contributed by atoms with E-state index in [1.54, 1.807) is 31.2 Å². The molecule has 0 heterocycles. The lowest BCUT2D eigenvalue weighted by molar-refractivity contribution is -0.132. The molecule has 2 aromatic carbocycles. The van der Waals surface area contributed by atoms with E-state index in [2.05, 4.69) is 37.5 Å². The number of allylic oxidation sites excluding steroid dienone is 4. The molecule has 0 amide bonds. The quantitative estimate of drug-likeness (QED) is 0.335. The summed E-state index contributed by atoms with van der Waals surface area (Å²) >= 11 is 0. The highest BCUT2D eigenvalue weighted by Gasteiger charge is 2.39. The molecule has 0 aromatic heterocycles. The van der Waals surface area contributed by atoms with Crippen molar-refractivity contribution >= 4 is 11.7 Å². The van der Waals surface area contributed by atoms with Crippen LogP contribution in [0.25, 0.3) is 0 Å². The first kappa shape index (κ1) is 26.0. The fourth-order valence-corrected chi connectivity index (χ4v) is 5.06. The average molecular weight is 448 g/mol.